The van der Waals surface area contributed by atoms with E-state index < -0.39 is 5.69 Å². The third-order valence-electron chi connectivity index (χ3n) is 4.52. The van der Waals surface area contributed by atoms with Gasteiger partial charge in [-0.3, -0.25) is 18.5 Å². The predicted molar refractivity (Wildman–Crippen MR) is 92.8 cm³/mol. The number of aromatic nitrogens is 4. The first-order valence-corrected chi connectivity index (χ1v) is 8.14. The Bertz CT molecular complexity index is 1050. The molecular weight excluding hydrogens is 322 g/mol. The molecule has 1 atom stereocenters. The van der Waals surface area contributed by atoms with Crippen LogP contribution in [0.1, 0.15) is 5.56 Å². The lowest BCUT2D eigenvalue weighted by molar-refractivity contribution is 0.220. The summed E-state index contributed by atoms with van der Waals surface area (Å²) >= 11 is 0. The monoisotopic (exact) mass is 341 g/mol. The number of rotatable bonds is 4. The lowest BCUT2D eigenvalue weighted by atomic mass is 10.2. The second-order valence-corrected chi connectivity index (χ2v) is 6.24. The fourth-order valence-electron chi connectivity index (χ4n) is 3.16. The summed E-state index contributed by atoms with van der Waals surface area (Å²) in [5.41, 5.74) is 1.23. The zero-order chi connectivity index (χ0) is 17.6. The summed E-state index contributed by atoms with van der Waals surface area (Å²) in [6.45, 7) is 1.92. The summed E-state index contributed by atoms with van der Waals surface area (Å²) in [5, 5.41) is 3.36. The van der Waals surface area contributed by atoms with Crippen molar-refractivity contribution >= 4 is 11.2 Å². The van der Waals surface area contributed by atoms with E-state index in [0.717, 1.165) is 11.1 Å². The maximum absolute atomic E-state index is 12.4. The highest BCUT2D eigenvalue weighted by atomic mass is 16.5. The number of ether oxygens (including phenoxy) is 1. The smallest absolute Gasteiger partial charge is 0.332 e. The Kier molecular flexibility index (Phi) is 3.69. The molecule has 2 aromatic heterocycles. The van der Waals surface area contributed by atoms with Crippen LogP contribution in [0.5, 0.6) is 6.01 Å². The number of hydrogen-bond acceptors (Lipinski definition) is 5. The first-order valence-electron chi connectivity index (χ1n) is 8.14. The number of aryl methyl sites for hydroxylation is 1. The molecule has 8 nitrogen and oxygen atoms in total. The van der Waals surface area contributed by atoms with Crippen LogP contribution in [-0.4, -0.2) is 31.3 Å². The van der Waals surface area contributed by atoms with Crippen molar-refractivity contribution in [3.63, 3.8) is 0 Å². The number of imidazole rings is 1. The minimum Gasteiger partial charge on any atom is -0.458 e. The van der Waals surface area contributed by atoms with Gasteiger partial charge < -0.3 is 10.1 Å². The summed E-state index contributed by atoms with van der Waals surface area (Å²) in [7, 11) is 3.07. The van der Waals surface area contributed by atoms with Gasteiger partial charge in [0.25, 0.3) is 11.6 Å². The van der Waals surface area contributed by atoms with Gasteiger partial charge in [-0.15, -0.1) is 0 Å². The van der Waals surface area contributed by atoms with E-state index in [0.29, 0.717) is 30.3 Å². The van der Waals surface area contributed by atoms with Crippen molar-refractivity contribution in [3.8, 4) is 6.01 Å². The standard InChI is InChI=1S/C17H19N5O3/c1-20-14-13(15(23)21(2)17(20)24)22-10-12(25-16(22)19-14)9-18-8-11-6-4-3-5-7-11/h3-7,12,18H,8-10H2,1-2H3/t12-/m1/s1. The van der Waals surface area contributed by atoms with Crippen LogP contribution in [0.15, 0.2) is 39.9 Å². The molecule has 0 radical (unpaired) electrons. The van der Waals surface area contributed by atoms with E-state index in [-0.39, 0.29) is 11.7 Å². The van der Waals surface area contributed by atoms with Crippen molar-refractivity contribution in [1.82, 2.24) is 24.0 Å². The Balaban J connectivity index is 1.53. The van der Waals surface area contributed by atoms with Gasteiger partial charge in [-0.25, -0.2) is 4.79 Å². The van der Waals surface area contributed by atoms with Gasteiger partial charge in [-0.1, -0.05) is 30.3 Å². The number of benzene rings is 1. The van der Waals surface area contributed by atoms with Crippen LogP contribution in [0.3, 0.4) is 0 Å². The van der Waals surface area contributed by atoms with Crippen LogP contribution >= 0.6 is 0 Å². The molecule has 0 saturated heterocycles. The minimum atomic E-state index is -0.393. The highest BCUT2D eigenvalue weighted by molar-refractivity contribution is 5.72. The highest BCUT2D eigenvalue weighted by Crippen LogP contribution is 2.24. The molecule has 1 aliphatic heterocycles. The largest absolute Gasteiger partial charge is 0.458 e. The molecule has 8 heteroatoms. The zero-order valence-corrected chi connectivity index (χ0v) is 14.1. The average Bonchev–Trinajstić information content (AvgIpc) is 3.16. The molecule has 3 aromatic rings. The Morgan fingerprint density at radius 1 is 1.20 bits per heavy atom. The number of fused-ring (bicyclic) bond motifs is 3. The van der Waals surface area contributed by atoms with Crippen molar-refractivity contribution in [3.05, 3.63) is 56.7 Å². The fourth-order valence-corrected chi connectivity index (χ4v) is 3.16. The lowest BCUT2D eigenvalue weighted by Crippen LogP contribution is -2.38. The molecular formula is C17H19N5O3. The molecule has 0 unspecified atom stereocenters. The summed E-state index contributed by atoms with van der Waals surface area (Å²) < 4.78 is 10.1. The Labute approximate surface area is 143 Å². The van der Waals surface area contributed by atoms with Gasteiger partial charge in [0, 0.05) is 27.2 Å². The van der Waals surface area contributed by atoms with E-state index in [1.54, 1.807) is 11.6 Å². The van der Waals surface area contributed by atoms with Crippen LogP contribution in [-0.2, 0) is 27.2 Å². The van der Waals surface area contributed by atoms with Crippen molar-refractivity contribution in [1.29, 1.82) is 0 Å². The molecule has 0 amide bonds. The van der Waals surface area contributed by atoms with E-state index in [1.807, 2.05) is 18.2 Å². The van der Waals surface area contributed by atoms with Gasteiger partial charge in [-0.05, 0) is 5.56 Å². The second kappa shape index (κ2) is 5.89. The maximum Gasteiger partial charge on any atom is 0.332 e. The third-order valence-corrected chi connectivity index (χ3v) is 4.52. The minimum absolute atomic E-state index is 0.0995. The maximum atomic E-state index is 12.4. The van der Waals surface area contributed by atoms with Gasteiger partial charge in [0.1, 0.15) is 6.10 Å². The molecule has 0 aliphatic carbocycles. The molecule has 0 fully saturated rings. The van der Waals surface area contributed by atoms with Crippen LogP contribution < -0.4 is 21.3 Å². The molecule has 1 aliphatic rings. The van der Waals surface area contributed by atoms with E-state index >= 15 is 0 Å². The summed E-state index contributed by atoms with van der Waals surface area (Å²) in [6, 6.07) is 10.5. The van der Waals surface area contributed by atoms with Crippen molar-refractivity contribution < 1.29 is 4.74 Å². The van der Waals surface area contributed by atoms with Gasteiger partial charge >= 0.3 is 5.69 Å². The van der Waals surface area contributed by atoms with Crippen LogP contribution in [0.25, 0.3) is 11.2 Å². The van der Waals surface area contributed by atoms with E-state index in [2.05, 4.69) is 22.4 Å². The van der Waals surface area contributed by atoms with E-state index in [4.69, 9.17) is 4.74 Å². The molecule has 0 bridgehead atoms. The van der Waals surface area contributed by atoms with Gasteiger partial charge in [0.05, 0.1) is 6.54 Å². The second-order valence-electron chi connectivity index (χ2n) is 6.24. The van der Waals surface area contributed by atoms with Crippen LogP contribution in [0.2, 0.25) is 0 Å². The molecule has 3 heterocycles. The molecule has 4 rings (SSSR count). The predicted octanol–water partition coefficient (Wildman–Crippen LogP) is -0.0155. The normalized spacial score (nSPS) is 16.2. The molecule has 25 heavy (non-hydrogen) atoms. The zero-order valence-electron chi connectivity index (χ0n) is 14.1. The Hall–Kier alpha value is -2.87. The third kappa shape index (κ3) is 2.54. The summed E-state index contributed by atoms with van der Waals surface area (Å²) in [5.74, 6) is 0. The number of hydrogen-bond donors (Lipinski definition) is 1. The first kappa shape index (κ1) is 15.6. The molecule has 0 saturated carbocycles. The molecule has 1 N–H and O–H groups in total. The summed E-state index contributed by atoms with van der Waals surface area (Å²) in [4.78, 5) is 28.8. The lowest BCUT2D eigenvalue weighted by Gasteiger charge is -2.11. The van der Waals surface area contributed by atoms with Crippen molar-refractivity contribution in [2.75, 3.05) is 6.54 Å². The SMILES string of the molecule is Cn1c(=O)c2c(nc3n2C[C@@H](CNCc2ccccc2)O3)n(C)c1=O. The molecule has 1 aromatic carbocycles. The van der Waals surface area contributed by atoms with E-state index in [9.17, 15) is 9.59 Å². The van der Waals surface area contributed by atoms with Gasteiger partial charge in [0.15, 0.2) is 11.2 Å². The van der Waals surface area contributed by atoms with E-state index in [1.165, 1.54) is 17.2 Å². The fraction of sp³-hybridized carbons (Fsp3) is 0.353. The van der Waals surface area contributed by atoms with Gasteiger partial charge in [-0.2, -0.15) is 4.98 Å². The quantitative estimate of drug-likeness (QED) is 0.721. The van der Waals surface area contributed by atoms with Gasteiger partial charge in [0.2, 0.25) is 0 Å². The van der Waals surface area contributed by atoms with Crippen LogP contribution in [0, 0.1) is 0 Å². The summed E-state index contributed by atoms with van der Waals surface area (Å²) in [6.07, 6.45) is -0.0995. The Morgan fingerprint density at radius 2 is 1.96 bits per heavy atom. The highest BCUT2D eigenvalue weighted by Gasteiger charge is 2.29. The first-order chi connectivity index (χ1) is 12.1. The average molecular weight is 341 g/mol. The topological polar surface area (TPSA) is 83.1 Å². The molecule has 130 valence electrons. The number of nitrogens with zero attached hydrogens (tertiary/aromatic N) is 4. The van der Waals surface area contributed by atoms with Crippen LogP contribution in [0.4, 0.5) is 0 Å². The van der Waals surface area contributed by atoms with Crippen molar-refractivity contribution in [2.45, 2.75) is 19.2 Å². The van der Waals surface area contributed by atoms with Crippen molar-refractivity contribution in [2.24, 2.45) is 14.1 Å². The Morgan fingerprint density at radius 3 is 2.72 bits per heavy atom. The molecule has 0 spiro atoms. The number of nitrogens with one attached hydrogen (secondary N) is 1.